The normalized spacial score (nSPS) is 14.4. The summed E-state index contributed by atoms with van der Waals surface area (Å²) in [5, 5.41) is 5.12. The van der Waals surface area contributed by atoms with E-state index >= 15 is 0 Å². The summed E-state index contributed by atoms with van der Waals surface area (Å²) in [6.07, 6.45) is 0. The maximum Gasteiger partial charge on any atom is 0.160 e. The van der Waals surface area contributed by atoms with E-state index in [1.54, 1.807) is 0 Å². The van der Waals surface area contributed by atoms with Crippen LogP contribution in [0.25, 0.3) is 98.2 Å². The van der Waals surface area contributed by atoms with Crippen molar-refractivity contribution in [2.45, 2.75) is 12.3 Å². The van der Waals surface area contributed by atoms with Crippen LogP contribution < -0.4 is 0 Å². The number of benzene rings is 9. The van der Waals surface area contributed by atoms with Gasteiger partial charge in [-0.15, -0.1) is 11.3 Å². The molecule has 12 rings (SSSR count). The molecule has 1 atom stereocenters. The maximum atomic E-state index is 5.24. The Morgan fingerprint density at radius 1 is 0.344 bits per heavy atom. The van der Waals surface area contributed by atoms with Gasteiger partial charge in [0.05, 0.1) is 11.4 Å². The average Bonchev–Trinajstić information content (AvgIpc) is 3.84. The molecule has 1 aliphatic carbocycles. The van der Waals surface area contributed by atoms with Gasteiger partial charge in [-0.2, -0.15) is 0 Å². The molecule has 11 aromatic rings. The summed E-state index contributed by atoms with van der Waals surface area (Å²) < 4.78 is 2.65. The third-order valence-corrected chi connectivity index (χ3v) is 14.0. The van der Waals surface area contributed by atoms with Gasteiger partial charge >= 0.3 is 0 Å². The molecule has 0 saturated carbocycles. The van der Waals surface area contributed by atoms with E-state index in [0.717, 1.165) is 28.1 Å². The van der Waals surface area contributed by atoms with Crippen molar-refractivity contribution in [3.8, 4) is 67.3 Å². The van der Waals surface area contributed by atoms with Crippen LogP contribution in [0.15, 0.2) is 212 Å². The molecule has 0 amide bonds. The lowest BCUT2D eigenvalue weighted by Crippen LogP contribution is -2.22. The van der Waals surface area contributed by atoms with Crippen LogP contribution in [0, 0.1) is 0 Å². The number of hydrogen-bond acceptors (Lipinski definition) is 3. The number of nitrogens with zero attached hydrogens (tertiary/aromatic N) is 2. The number of aromatic nitrogens is 2. The van der Waals surface area contributed by atoms with E-state index in [1.165, 1.54) is 81.0 Å². The average molecular weight is 795 g/mol. The Kier molecular flexibility index (Phi) is 8.19. The Balaban J connectivity index is 0.945. The quantitative estimate of drug-likeness (QED) is 0.168. The van der Waals surface area contributed by atoms with Crippen LogP contribution in [-0.2, 0) is 5.41 Å². The minimum Gasteiger partial charge on any atom is -0.228 e. The summed E-state index contributed by atoms with van der Waals surface area (Å²) >= 11 is 1.86. The molecule has 0 aliphatic heterocycles. The van der Waals surface area contributed by atoms with E-state index in [-0.39, 0.29) is 5.41 Å². The molecule has 2 heterocycles. The second kappa shape index (κ2) is 14.1. The SMILES string of the molecule is CC1(c2ccccc2)c2ccccc2-c2ccc(-c3cc(-c4ccc(-c5ccc(-c6ccc7sc8ccccc8c7c6)c6ccccc56)cc4)nc(-c4ccccc4)n3)cc21. The lowest BCUT2D eigenvalue weighted by atomic mass is 9.74. The Hall–Kier alpha value is -7.46. The zero-order valence-electron chi connectivity index (χ0n) is 33.5. The monoisotopic (exact) mass is 794 g/mol. The maximum absolute atomic E-state index is 5.24. The highest BCUT2D eigenvalue weighted by atomic mass is 32.1. The van der Waals surface area contributed by atoms with Crippen LogP contribution >= 0.6 is 11.3 Å². The third kappa shape index (κ3) is 5.77. The molecule has 0 spiro atoms. The highest BCUT2D eigenvalue weighted by Gasteiger charge is 2.40. The van der Waals surface area contributed by atoms with Crippen molar-refractivity contribution in [3.63, 3.8) is 0 Å². The molecule has 286 valence electrons. The molecule has 0 saturated heterocycles. The molecular weight excluding hydrogens is 757 g/mol. The van der Waals surface area contributed by atoms with Gasteiger partial charge in [-0.3, -0.25) is 0 Å². The Morgan fingerprint density at radius 2 is 0.885 bits per heavy atom. The zero-order valence-corrected chi connectivity index (χ0v) is 34.3. The summed E-state index contributed by atoms with van der Waals surface area (Å²) in [5.74, 6) is 0.710. The molecule has 61 heavy (non-hydrogen) atoms. The fraction of sp³-hybridized carbons (Fsp3) is 0.0345. The summed E-state index contributed by atoms with van der Waals surface area (Å²) in [5.41, 5.74) is 15.9. The summed E-state index contributed by atoms with van der Waals surface area (Å²) in [4.78, 5) is 10.4. The Morgan fingerprint density at radius 3 is 1.66 bits per heavy atom. The first-order valence-corrected chi connectivity index (χ1v) is 21.7. The molecule has 2 nitrogen and oxygen atoms in total. The number of rotatable bonds is 6. The van der Waals surface area contributed by atoms with E-state index < -0.39 is 0 Å². The molecule has 0 fully saturated rings. The lowest BCUT2D eigenvalue weighted by molar-refractivity contribution is 0.714. The van der Waals surface area contributed by atoms with Gasteiger partial charge in [0.2, 0.25) is 0 Å². The highest BCUT2D eigenvalue weighted by Crippen LogP contribution is 2.53. The highest BCUT2D eigenvalue weighted by molar-refractivity contribution is 7.25. The van der Waals surface area contributed by atoms with Crippen LogP contribution in [-0.4, -0.2) is 9.97 Å². The first kappa shape index (κ1) is 35.5. The molecule has 1 unspecified atom stereocenters. The van der Waals surface area contributed by atoms with Crippen LogP contribution in [0.5, 0.6) is 0 Å². The molecule has 9 aromatic carbocycles. The fourth-order valence-electron chi connectivity index (χ4n) is 9.71. The fourth-order valence-corrected chi connectivity index (χ4v) is 10.8. The van der Waals surface area contributed by atoms with Crippen molar-refractivity contribution in [3.05, 3.63) is 229 Å². The van der Waals surface area contributed by atoms with Gasteiger partial charge in [0.1, 0.15) is 0 Å². The van der Waals surface area contributed by atoms with Crippen molar-refractivity contribution in [2.75, 3.05) is 0 Å². The number of fused-ring (bicyclic) bond motifs is 7. The lowest BCUT2D eigenvalue weighted by Gasteiger charge is -2.28. The van der Waals surface area contributed by atoms with E-state index in [2.05, 4.69) is 213 Å². The van der Waals surface area contributed by atoms with E-state index in [9.17, 15) is 0 Å². The van der Waals surface area contributed by atoms with Gasteiger partial charge in [-0.05, 0) is 98.1 Å². The van der Waals surface area contributed by atoms with Crippen molar-refractivity contribution >= 4 is 42.3 Å². The molecule has 1 aliphatic rings. The second-order valence-corrected chi connectivity index (χ2v) is 17.3. The smallest absolute Gasteiger partial charge is 0.160 e. The molecule has 2 aromatic heterocycles. The van der Waals surface area contributed by atoms with E-state index in [4.69, 9.17) is 9.97 Å². The number of hydrogen-bond donors (Lipinski definition) is 0. The van der Waals surface area contributed by atoms with Crippen molar-refractivity contribution in [1.82, 2.24) is 9.97 Å². The second-order valence-electron chi connectivity index (χ2n) is 16.2. The Labute approximate surface area is 359 Å². The summed E-state index contributed by atoms with van der Waals surface area (Å²) in [6.45, 7) is 2.36. The standard InChI is InChI=1S/C58H38N2S/c1-58(42-16-6-3-7-17-42)51-22-12-10-20-47(51)48-30-28-41(35-52(48)58)54-36-53(59-57(60-54)39-14-4-2-5-15-39)38-26-24-37(25-27-38)43-31-32-44(46-19-9-8-18-45(43)46)40-29-33-56-50(34-40)49-21-11-13-23-55(49)61-56/h2-36H,1H3. The zero-order chi connectivity index (χ0) is 40.5. The van der Waals surface area contributed by atoms with Crippen molar-refractivity contribution in [2.24, 2.45) is 0 Å². The van der Waals surface area contributed by atoms with Crippen LogP contribution in [0.1, 0.15) is 23.6 Å². The molecular formula is C58H38N2S. The minimum absolute atomic E-state index is 0.300. The number of thiophene rings is 1. The summed E-state index contributed by atoms with van der Waals surface area (Å²) in [6, 6.07) is 77.0. The first-order valence-electron chi connectivity index (χ1n) is 20.9. The van der Waals surface area contributed by atoms with E-state index in [1.807, 2.05) is 17.4 Å². The molecule has 0 N–H and O–H groups in total. The summed E-state index contributed by atoms with van der Waals surface area (Å²) in [7, 11) is 0. The third-order valence-electron chi connectivity index (χ3n) is 12.8. The van der Waals surface area contributed by atoms with E-state index in [0.29, 0.717) is 5.82 Å². The van der Waals surface area contributed by atoms with Gasteiger partial charge < -0.3 is 0 Å². The molecule has 3 heteroatoms. The first-order chi connectivity index (χ1) is 30.1. The van der Waals surface area contributed by atoms with Crippen molar-refractivity contribution < 1.29 is 0 Å². The molecule has 0 radical (unpaired) electrons. The topological polar surface area (TPSA) is 25.8 Å². The Bertz CT molecular complexity index is 3480. The predicted octanol–water partition coefficient (Wildman–Crippen LogP) is 15.7. The predicted molar refractivity (Wildman–Crippen MR) is 257 cm³/mol. The van der Waals surface area contributed by atoms with Crippen LogP contribution in [0.2, 0.25) is 0 Å². The molecule has 0 bridgehead atoms. The van der Waals surface area contributed by atoms with Crippen LogP contribution in [0.3, 0.4) is 0 Å². The minimum atomic E-state index is -0.300. The van der Waals surface area contributed by atoms with Gasteiger partial charge in [0.15, 0.2) is 5.82 Å². The largest absolute Gasteiger partial charge is 0.228 e. The van der Waals surface area contributed by atoms with Gasteiger partial charge in [-0.1, -0.05) is 182 Å². The van der Waals surface area contributed by atoms with Gasteiger partial charge in [0.25, 0.3) is 0 Å². The van der Waals surface area contributed by atoms with Crippen LogP contribution in [0.4, 0.5) is 0 Å². The van der Waals surface area contributed by atoms with Crippen molar-refractivity contribution in [1.29, 1.82) is 0 Å². The van der Waals surface area contributed by atoms with Gasteiger partial charge in [0, 0.05) is 42.3 Å². The van der Waals surface area contributed by atoms with Gasteiger partial charge in [-0.25, -0.2) is 9.97 Å².